The Morgan fingerprint density at radius 2 is 1.84 bits per heavy atom. The first-order valence-corrected chi connectivity index (χ1v) is 7.65. The summed E-state index contributed by atoms with van der Waals surface area (Å²) in [6.07, 6.45) is 0.479. The minimum atomic E-state index is -0.413. The van der Waals surface area contributed by atoms with E-state index in [4.69, 9.17) is 0 Å². The molecule has 0 aromatic rings. The van der Waals surface area contributed by atoms with Crippen molar-refractivity contribution in [3.8, 4) is 0 Å². The van der Waals surface area contributed by atoms with Crippen LogP contribution in [0.5, 0.6) is 0 Å². The van der Waals surface area contributed by atoms with Gasteiger partial charge in [0.1, 0.15) is 6.04 Å². The number of amides is 3. The lowest BCUT2D eigenvalue weighted by molar-refractivity contribution is -0.140. The highest BCUT2D eigenvalue weighted by molar-refractivity contribution is 7.99. The normalized spacial score (nSPS) is 24.7. The number of carbonyl (C=O) groups excluding carboxylic acids is 3. The lowest BCUT2D eigenvalue weighted by Gasteiger charge is -2.35. The van der Waals surface area contributed by atoms with E-state index in [1.54, 1.807) is 28.5 Å². The summed E-state index contributed by atoms with van der Waals surface area (Å²) < 4.78 is 0. The highest BCUT2D eigenvalue weighted by Crippen LogP contribution is 2.13. The Labute approximate surface area is 116 Å². The highest BCUT2D eigenvalue weighted by atomic mass is 32.2. The van der Waals surface area contributed by atoms with Gasteiger partial charge in [-0.15, -0.1) is 0 Å². The predicted octanol–water partition coefficient (Wildman–Crippen LogP) is -0.701. The van der Waals surface area contributed by atoms with Gasteiger partial charge in [-0.05, 0) is 0 Å². The standard InChI is InChI=1S/C12H19N3O3S/c1-9(16)14-3-5-15(6-4-14)12(18)10-8-19-7-2-11(17)13-10/h10H,2-8H2,1H3,(H,13,17)/t10-/m1/s1. The second-order valence-electron chi connectivity index (χ2n) is 4.78. The Hall–Kier alpha value is -1.24. The Morgan fingerprint density at radius 1 is 1.21 bits per heavy atom. The predicted molar refractivity (Wildman–Crippen MR) is 72.7 cm³/mol. The summed E-state index contributed by atoms with van der Waals surface area (Å²) in [5.74, 6) is 1.38. The molecule has 19 heavy (non-hydrogen) atoms. The van der Waals surface area contributed by atoms with Gasteiger partial charge in [-0.3, -0.25) is 14.4 Å². The molecule has 0 unspecified atom stereocenters. The fraction of sp³-hybridized carbons (Fsp3) is 0.750. The summed E-state index contributed by atoms with van der Waals surface area (Å²) in [7, 11) is 0. The molecule has 2 fully saturated rings. The van der Waals surface area contributed by atoms with Crippen LogP contribution < -0.4 is 5.32 Å². The number of rotatable bonds is 1. The lowest BCUT2D eigenvalue weighted by Crippen LogP contribution is -2.56. The van der Waals surface area contributed by atoms with Crippen molar-refractivity contribution in [3.63, 3.8) is 0 Å². The average Bonchev–Trinajstić information content (AvgIpc) is 2.62. The molecule has 2 rings (SSSR count). The number of nitrogens with one attached hydrogen (secondary N) is 1. The van der Waals surface area contributed by atoms with Crippen molar-refractivity contribution in [1.82, 2.24) is 15.1 Å². The summed E-state index contributed by atoms with van der Waals surface area (Å²) in [6, 6.07) is -0.413. The van der Waals surface area contributed by atoms with Crippen LogP contribution in [0.25, 0.3) is 0 Å². The third kappa shape index (κ3) is 3.62. The molecule has 0 spiro atoms. The second kappa shape index (κ2) is 6.27. The fourth-order valence-corrected chi connectivity index (χ4v) is 3.23. The molecule has 2 aliphatic heterocycles. The number of piperazine rings is 1. The topological polar surface area (TPSA) is 69.7 Å². The van der Waals surface area contributed by atoms with Gasteiger partial charge >= 0.3 is 0 Å². The van der Waals surface area contributed by atoms with Crippen molar-refractivity contribution in [2.24, 2.45) is 0 Å². The minimum Gasteiger partial charge on any atom is -0.343 e. The molecule has 0 aliphatic carbocycles. The largest absolute Gasteiger partial charge is 0.343 e. The zero-order valence-corrected chi connectivity index (χ0v) is 11.9. The van der Waals surface area contributed by atoms with Crippen molar-refractivity contribution in [3.05, 3.63) is 0 Å². The van der Waals surface area contributed by atoms with Gasteiger partial charge in [0.05, 0.1) is 0 Å². The number of hydrogen-bond acceptors (Lipinski definition) is 4. The van der Waals surface area contributed by atoms with Gasteiger partial charge < -0.3 is 15.1 Å². The highest BCUT2D eigenvalue weighted by Gasteiger charge is 2.30. The molecule has 106 valence electrons. The monoisotopic (exact) mass is 285 g/mol. The Bertz CT molecular complexity index is 380. The first kappa shape index (κ1) is 14.2. The molecular weight excluding hydrogens is 266 g/mol. The Balaban J connectivity index is 1.89. The molecule has 0 aromatic carbocycles. The Morgan fingerprint density at radius 3 is 2.47 bits per heavy atom. The summed E-state index contributed by atoms with van der Waals surface area (Å²) in [4.78, 5) is 38.5. The smallest absolute Gasteiger partial charge is 0.246 e. The molecule has 3 amide bonds. The zero-order valence-electron chi connectivity index (χ0n) is 11.1. The summed E-state index contributed by atoms with van der Waals surface area (Å²) in [5.41, 5.74) is 0. The summed E-state index contributed by atoms with van der Waals surface area (Å²) in [5, 5.41) is 2.78. The molecule has 6 nitrogen and oxygen atoms in total. The van der Waals surface area contributed by atoms with Gasteiger partial charge in [-0.1, -0.05) is 0 Å². The SMILES string of the molecule is CC(=O)N1CCN(C(=O)[C@H]2CSCCC(=O)N2)CC1. The van der Waals surface area contributed by atoms with Crippen LogP contribution in [0, 0.1) is 0 Å². The molecule has 0 radical (unpaired) electrons. The summed E-state index contributed by atoms with van der Waals surface area (Å²) >= 11 is 1.63. The Kier molecular flexibility index (Phi) is 4.68. The first-order chi connectivity index (χ1) is 9.08. The quantitative estimate of drug-likeness (QED) is 0.691. The van der Waals surface area contributed by atoms with Gasteiger partial charge in [-0.25, -0.2) is 0 Å². The van der Waals surface area contributed by atoms with Crippen molar-refractivity contribution in [1.29, 1.82) is 0 Å². The minimum absolute atomic E-state index is 0.0223. The third-order valence-electron chi connectivity index (χ3n) is 3.43. The van der Waals surface area contributed by atoms with E-state index in [-0.39, 0.29) is 17.7 Å². The fourth-order valence-electron chi connectivity index (χ4n) is 2.27. The van der Waals surface area contributed by atoms with Gasteiger partial charge in [0.2, 0.25) is 17.7 Å². The molecule has 1 N–H and O–H groups in total. The zero-order chi connectivity index (χ0) is 13.8. The molecule has 0 saturated carbocycles. The van der Waals surface area contributed by atoms with Crippen LogP contribution in [0.2, 0.25) is 0 Å². The lowest BCUT2D eigenvalue weighted by atomic mass is 10.2. The van der Waals surface area contributed by atoms with E-state index in [1.165, 1.54) is 0 Å². The maximum atomic E-state index is 12.3. The van der Waals surface area contributed by atoms with Crippen LogP contribution in [-0.2, 0) is 14.4 Å². The first-order valence-electron chi connectivity index (χ1n) is 6.49. The number of nitrogens with zero attached hydrogens (tertiary/aromatic N) is 2. The van der Waals surface area contributed by atoms with E-state index in [2.05, 4.69) is 5.32 Å². The van der Waals surface area contributed by atoms with E-state index in [1.807, 2.05) is 0 Å². The van der Waals surface area contributed by atoms with Gasteiger partial charge in [0.25, 0.3) is 0 Å². The van der Waals surface area contributed by atoms with Gasteiger partial charge in [-0.2, -0.15) is 11.8 Å². The van der Waals surface area contributed by atoms with E-state index in [0.29, 0.717) is 38.4 Å². The molecule has 0 aromatic heterocycles. The molecule has 0 bridgehead atoms. The van der Waals surface area contributed by atoms with E-state index >= 15 is 0 Å². The van der Waals surface area contributed by atoms with E-state index < -0.39 is 6.04 Å². The molecular formula is C12H19N3O3S. The van der Waals surface area contributed by atoms with Crippen LogP contribution in [0.4, 0.5) is 0 Å². The molecule has 2 heterocycles. The molecule has 2 saturated heterocycles. The van der Waals surface area contributed by atoms with Crippen LogP contribution in [0.1, 0.15) is 13.3 Å². The second-order valence-corrected chi connectivity index (χ2v) is 5.93. The maximum absolute atomic E-state index is 12.3. The van der Waals surface area contributed by atoms with Crippen LogP contribution in [0.15, 0.2) is 0 Å². The van der Waals surface area contributed by atoms with Gasteiger partial charge in [0.15, 0.2) is 0 Å². The third-order valence-corrected chi connectivity index (χ3v) is 4.49. The van der Waals surface area contributed by atoms with E-state index in [9.17, 15) is 14.4 Å². The molecule has 2 aliphatic rings. The van der Waals surface area contributed by atoms with Crippen LogP contribution in [-0.4, -0.2) is 71.2 Å². The van der Waals surface area contributed by atoms with Crippen molar-refractivity contribution < 1.29 is 14.4 Å². The van der Waals surface area contributed by atoms with Gasteiger partial charge in [0, 0.05) is 51.0 Å². The number of hydrogen-bond donors (Lipinski definition) is 1. The van der Waals surface area contributed by atoms with Crippen molar-refractivity contribution >= 4 is 29.5 Å². The van der Waals surface area contributed by atoms with Crippen molar-refractivity contribution in [2.75, 3.05) is 37.7 Å². The molecule has 1 atom stereocenters. The molecule has 7 heteroatoms. The number of thioether (sulfide) groups is 1. The summed E-state index contributed by atoms with van der Waals surface area (Å²) in [6.45, 7) is 3.80. The van der Waals surface area contributed by atoms with Crippen LogP contribution >= 0.6 is 11.8 Å². The average molecular weight is 285 g/mol. The number of carbonyl (C=O) groups is 3. The van der Waals surface area contributed by atoms with Crippen molar-refractivity contribution in [2.45, 2.75) is 19.4 Å². The maximum Gasteiger partial charge on any atom is 0.246 e. The van der Waals surface area contributed by atoms with Crippen LogP contribution in [0.3, 0.4) is 0 Å². The van der Waals surface area contributed by atoms with E-state index in [0.717, 1.165) is 5.75 Å².